The largest absolute Gasteiger partial charge is 0.509 e. The number of phenols is 1. The van der Waals surface area contributed by atoms with Gasteiger partial charge in [-0.25, -0.2) is 0 Å². The van der Waals surface area contributed by atoms with Gasteiger partial charge < -0.3 is 21.7 Å². The molecule has 0 bridgehead atoms. The third kappa shape index (κ3) is 4.18. The minimum absolute atomic E-state index is 0.0356. The summed E-state index contributed by atoms with van der Waals surface area (Å²) in [4.78, 5) is 0. The highest BCUT2D eigenvalue weighted by atomic mass is 16.3. The lowest BCUT2D eigenvalue weighted by molar-refractivity contribution is 0.435. The van der Waals surface area contributed by atoms with Gasteiger partial charge in [0, 0.05) is 28.6 Å². The summed E-state index contributed by atoms with van der Waals surface area (Å²) in [5.41, 5.74) is 17.4. The number of aliphatic hydroxyl groups is 1. The molecule has 4 nitrogen and oxygen atoms in total. The van der Waals surface area contributed by atoms with Crippen LogP contribution in [0, 0.1) is 0 Å². The van der Waals surface area contributed by atoms with E-state index in [0.29, 0.717) is 24.2 Å². The quantitative estimate of drug-likeness (QED) is 0.277. The first-order chi connectivity index (χ1) is 13.3. The molecule has 0 spiro atoms. The molecule has 6 N–H and O–H groups in total. The molecule has 0 aliphatic rings. The molecule has 0 saturated carbocycles. The predicted molar refractivity (Wildman–Crippen MR) is 117 cm³/mol. The van der Waals surface area contributed by atoms with E-state index in [2.05, 4.69) is 13.2 Å². The van der Waals surface area contributed by atoms with Gasteiger partial charge in [0.1, 0.15) is 11.5 Å². The number of phenolic OH excluding ortho intramolecular Hbond substituents is 1. The van der Waals surface area contributed by atoms with Gasteiger partial charge in [0.15, 0.2) is 0 Å². The zero-order valence-corrected chi connectivity index (χ0v) is 15.7. The third-order valence-corrected chi connectivity index (χ3v) is 4.69. The minimum Gasteiger partial charge on any atom is -0.509 e. The number of fused-ring (bicyclic) bond motifs is 1. The van der Waals surface area contributed by atoms with E-state index in [1.165, 1.54) is 6.08 Å². The van der Waals surface area contributed by atoms with Crippen LogP contribution < -0.4 is 11.5 Å². The summed E-state index contributed by atoms with van der Waals surface area (Å²) >= 11 is 0. The van der Waals surface area contributed by atoms with Crippen molar-refractivity contribution in [2.75, 3.05) is 11.5 Å². The van der Waals surface area contributed by atoms with Crippen LogP contribution in [0.15, 0.2) is 85.2 Å². The Morgan fingerprint density at radius 2 is 1.71 bits per heavy atom. The molecular weight excluding hydrogens is 348 g/mol. The van der Waals surface area contributed by atoms with E-state index >= 15 is 0 Å². The van der Waals surface area contributed by atoms with Crippen molar-refractivity contribution in [2.45, 2.75) is 12.8 Å². The molecule has 0 fully saturated rings. The second-order valence-electron chi connectivity index (χ2n) is 6.88. The predicted octanol–water partition coefficient (Wildman–Crippen LogP) is 5.03. The van der Waals surface area contributed by atoms with E-state index < -0.39 is 0 Å². The van der Waals surface area contributed by atoms with Crippen LogP contribution >= 0.6 is 0 Å². The van der Waals surface area contributed by atoms with Gasteiger partial charge in [-0.15, -0.1) is 0 Å². The van der Waals surface area contributed by atoms with Crippen molar-refractivity contribution in [2.24, 2.45) is 0 Å². The Hall–Kier alpha value is -3.66. The molecule has 0 aliphatic carbocycles. The van der Waals surface area contributed by atoms with Crippen molar-refractivity contribution in [3.63, 3.8) is 0 Å². The van der Waals surface area contributed by atoms with E-state index in [9.17, 15) is 5.11 Å². The Bertz CT molecular complexity index is 1100. The van der Waals surface area contributed by atoms with Crippen molar-refractivity contribution in [1.29, 1.82) is 0 Å². The van der Waals surface area contributed by atoms with Gasteiger partial charge in [-0.3, -0.25) is 0 Å². The molecule has 0 heterocycles. The van der Waals surface area contributed by atoms with Gasteiger partial charge in [0.05, 0.1) is 0 Å². The number of nitrogen functional groups attached to an aromatic ring is 2. The number of benzene rings is 3. The van der Waals surface area contributed by atoms with Gasteiger partial charge in [0.2, 0.25) is 0 Å². The lowest BCUT2D eigenvalue weighted by atomic mass is 9.95. The number of allylic oxidation sites excluding steroid dienone is 3. The molecule has 0 unspecified atom stereocenters. The Labute approximate surface area is 164 Å². The second kappa shape index (κ2) is 7.92. The molecule has 0 aromatic heterocycles. The first-order valence-corrected chi connectivity index (χ1v) is 8.95. The summed E-state index contributed by atoms with van der Waals surface area (Å²) in [5.74, 6) is 0.173. The molecular formula is C24H24N2O2. The minimum atomic E-state index is -0.0356. The molecule has 142 valence electrons. The molecule has 0 aliphatic heterocycles. The summed E-state index contributed by atoms with van der Waals surface area (Å²) in [5, 5.41) is 21.2. The van der Waals surface area contributed by atoms with E-state index in [1.807, 2.05) is 42.5 Å². The molecule has 3 aromatic rings. The summed E-state index contributed by atoms with van der Waals surface area (Å²) in [6.07, 6.45) is 4.26. The maximum Gasteiger partial charge on any atom is 0.119 e. The zero-order chi connectivity index (χ0) is 20.3. The van der Waals surface area contributed by atoms with Crippen LogP contribution in [0.1, 0.15) is 16.7 Å². The number of aliphatic hydroxyl groups excluding tert-OH is 1. The Balaban J connectivity index is 1.87. The fraction of sp³-hybridized carbons (Fsp3) is 0.0833. The number of hydrogen-bond donors (Lipinski definition) is 4. The monoisotopic (exact) mass is 372 g/mol. The van der Waals surface area contributed by atoms with Crippen molar-refractivity contribution < 1.29 is 10.2 Å². The smallest absolute Gasteiger partial charge is 0.119 e. The third-order valence-electron chi connectivity index (χ3n) is 4.69. The number of rotatable bonds is 6. The first-order valence-electron chi connectivity index (χ1n) is 8.95. The molecule has 28 heavy (non-hydrogen) atoms. The molecule has 0 saturated heterocycles. The highest BCUT2D eigenvalue weighted by Gasteiger charge is 2.09. The summed E-state index contributed by atoms with van der Waals surface area (Å²) in [6, 6.07) is 15.2. The fourth-order valence-electron chi connectivity index (χ4n) is 3.23. The van der Waals surface area contributed by atoms with Gasteiger partial charge in [-0.05, 0) is 41.3 Å². The van der Waals surface area contributed by atoms with E-state index in [0.717, 1.165) is 33.0 Å². The fourth-order valence-corrected chi connectivity index (χ4v) is 3.23. The van der Waals surface area contributed by atoms with E-state index in [4.69, 9.17) is 16.6 Å². The first kappa shape index (κ1) is 19.1. The molecule has 3 rings (SSSR count). The highest BCUT2D eigenvalue weighted by molar-refractivity contribution is 6.01. The summed E-state index contributed by atoms with van der Waals surface area (Å²) < 4.78 is 0. The number of aromatic hydroxyl groups is 1. The highest BCUT2D eigenvalue weighted by Crippen LogP contribution is 2.31. The van der Waals surface area contributed by atoms with Gasteiger partial charge in [-0.2, -0.15) is 0 Å². The summed E-state index contributed by atoms with van der Waals surface area (Å²) in [7, 11) is 0. The molecule has 3 aromatic carbocycles. The number of hydrogen-bond acceptors (Lipinski definition) is 4. The van der Waals surface area contributed by atoms with Gasteiger partial charge in [-0.1, -0.05) is 61.2 Å². The molecule has 0 amide bonds. The average Bonchev–Trinajstić information content (AvgIpc) is 2.65. The lowest BCUT2D eigenvalue weighted by Crippen LogP contribution is -1.99. The second-order valence-corrected chi connectivity index (χ2v) is 6.88. The van der Waals surface area contributed by atoms with Crippen LogP contribution in [0.5, 0.6) is 5.75 Å². The Morgan fingerprint density at radius 3 is 2.46 bits per heavy atom. The average molecular weight is 372 g/mol. The van der Waals surface area contributed by atoms with Crippen molar-refractivity contribution in [3.05, 3.63) is 102 Å². The van der Waals surface area contributed by atoms with Crippen LogP contribution in [0.25, 0.3) is 10.8 Å². The Kier molecular flexibility index (Phi) is 5.41. The van der Waals surface area contributed by atoms with Crippen molar-refractivity contribution in [1.82, 2.24) is 0 Å². The van der Waals surface area contributed by atoms with Crippen LogP contribution in [-0.2, 0) is 12.8 Å². The number of nitrogens with two attached hydrogens (primary N) is 2. The number of anilines is 2. The van der Waals surface area contributed by atoms with E-state index in [1.54, 1.807) is 12.1 Å². The molecule has 0 radical (unpaired) electrons. The normalized spacial score (nSPS) is 11.1. The molecule has 4 heteroatoms. The topological polar surface area (TPSA) is 92.5 Å². The lowest BCUT2D eigenvalue weighted by Gasteiger charge is -2.12. The maximum absolute atomic E-state index is 10.2. The van der Waals surface area contributed by atoms with Crippen LogP contribution in [0.4, 0.5) is 11.4 Å². The van der Waals surface area contributed by atoms with Crippen molar-refractivity contribution in [3.8, 4) is 5.75 Å². The maximum atomic E-state index is 10.2. The van der Waals surface area contributed by atoms with E-state index in [-0.39, 0.29) is 11.5 Å². The standard InChI is InChI=1S/C24H24N2O2/c1-15(6-7-16(2)27)12-19-14-17(8-11-23(19)28)13-18-9-10-20-21(24(18)26)4-3-5-22(20)25/h3-11,14,27-28H,1-2,12-13,25-26H2/b7-6-. The zero-order valence-electron chi connectivity index (χ0n) is 15.7. The molecule has 0 atom stereocenters. The van der Waals surface area contributed by atoms with Gasteiger partial charge in [0.25, 0.3) is 0 Å². The van der Waals surface area contributed by atoms with Crippen LogP contribution in [0.3, 0.4) is 0 Å². The van der Waals surface area contributed by atoms with Crippen LogP contribution in [-0.4, -0.2) is 10.2 Å². The SMILES string of the molecule is C=C(O)/C=C\C(=C)Cc1cc(Cc2ccc3c(N)cccc3c2N)ccc1O. The van der Waals surface area contributed by atoms with Crippen molar-refractivity contribution >= 4 is 22.1 Å². The van der Waals surface area contributed by atoms with Gasteiger partial charge >= 0.3 is 0 Å². The summed E-state index contributed by atoms with van der Waals surface area (Å²) in [6.45, 7) is 7.36. The van der Waals surface area contributed by atoms with Crippen LogP contribution in [0.2, 0.25) is 0 Å². The Morgan fingerprint density at radius 1 is 0.929 bits per heavy atom.